The minimum atomic E-state index is -1.05. The average Bonchev–Trinajstić information content (AvgIpc) is 3.19. The van der Waals surface area contributed by atoms with E-state index in [4.69, 9.17) is 0 Å². The lowest BCUT2D eigenvalue weighted by atomic mass is 9.87. The van der Waals surface area contributed by atoms with E-state index in [0.29, 0.717) is 35.7 Å². The van der Waals surface area contributed by atoms with Crippen LogP contribution in [0.3, 0.4) is 0 Å². The highest BCUT2D eigenvalue weighted by molar-refractivity contribution is 9.09. The number of aliphatic carboxylic acids is 1. The maximum atomic E-state index is 11.4. The van der Waals surface area contributed by atoms with Crippen LogP contribution in [0, 0.1) is 0 Å². The molecule has 104 valence electrons. The van der Waals surface area contributed by atoms with Gasteiger partial charge in [0.25, 0.3) is 0 Å². The van der Waals surface area contributed by atoms with Gasteiger partial charge in [-0.3, -0.25) is 4.79 Å². The highest BCUT2D eigenvalue weighted by Crippen LogP contribution is 2.50. The number of hydrogen-bond donors (Lipinski definition) is 3. The molecule has 0 aromatic heterocycles. The third-order valence-electron chi connectivity index (χ3n) is 3.72. The van der Waals surface area contributed by atoms with E-state index in [1.54, 1.807) is 24.3 Å². The molecule has 1 aliphatic carbocycles. The molecular weight excluding hydrogens is 312 g/mol. The van der Waals surface area contributed by atoms with Crippen LogP contribution in [0.4, 0.5) is 0 Å². The highest BCUT2D eigenvalue weighted by atomic mass is 79.9. The molecule has 0 radical (unpaired) electrons. The zero-order chi connectivity index (χ0) is 14.0. The minimum absolute atomic E-state index is 0.412. The van der Waals surface area contributed by atoms with Crippen molar-refractivity contribution in [1.82, 2.24) is 0 Å². The summed E-state index contributed by atoms with van der Waals surface area (Å²) >= 11 is 3.22. The number of carboxylic acids is 1. The van der Waals surface area contributed by atoms with Crippen LogP contribution >= 0.6 is 15.9 Å². The van der Waals surface area contributed by atoms with Gasteiger partial charge in [-0.25, -0.2) is 0 Å². The van der Waals surface area contributed by atoms with E-state index in [1.807, 2.05) is 0 Å². The van der Waals surface area contributed by atoms with Crippen LogP contribution in [-0.2, 0) is 10.2 Å². The standard InChI is InChI=1S/C14H17BrO4/c15-8-5-11(16)12(17)9-3-1-2-4-10(9)14(6-7-14)13(18)19/h1-4,11-12,16-17H,5-8H2,(H,18,19). The number of aliphatic hydroxyl groups excluding tert-OH is 2. The molecule has 19 heavy (non-hydrogen) atoms. The van der Waals surface area contributed by atoms with E-state index in [9.17, 15) is 20.1 Å². The number of aliphatic hydroxyl groups is 2. The molecule has 1 aromatic carbocycles. The smallest absolute Gasteiger partial charge is 0.314 e. The molecule has 1 saturated carbocycles. The maximum absolute atomic E-state index is 11.4. The lowest BCUT2D eigenvalue weighted by Crippen LogP contribution is -2.26. The van der Waals surface area contributed by atoms with Crippen LogP contribution in [-0.4, -0.2) is 32.7 Å². The van der Waals surface area contributed by atoms with Gasteiger partial charge in [0.15, 0.2) is 0 Å². The van der Waals surface area contributed by atoms with Crippen LogP contribution in [0.25, 0.3) is 0 Å². The molecule has 0 spiro atoms. The van der Waals surface area contributed by atoms with Crippen molar-refractivity contribution in [3.63, 3.8) is 0 Å². The second-order valence-corrected chi connectivity index (χ2v) is 5.76. The zero-order valence-electron chi connectivity index (χ0n) is 10.4. The summed E-state index contributed by atoms with van der Waals surface area (Å²) in [6.07, 6.45) is -0.368. The fourth-order valence-corrected chi connectivity index (χ4v) is 2.86. The summed E-state index contributed by atoms with van der Waals surface area (Å²) in [7, 11) is 0. The monoisotopic (exact) mass is 328 g/mol. The topological polar surface area (TPSA) is 77.8 Å². The van der Waals surface area contributed by atoms with Crippen molar-refractivity contribution in [2.24, 2.45) is 0 Å². The van der Waals surface area contributed by atoms with Crippen LogP contribution in [0.5, 0.6) is 0 Å². The van der Waals surface area contributed by atoms with Crippen LogP contribution in [0.15, 0.2) is 24.3 Å². The fraction of sp³-hybridized carbons (Fsp3) is 0.500. The first kappa shape index (κ1) is 14.5. The van der Waals surface area contributed by atoms with E-state index in [0.717, 1.165) is 0 Å². The third kappa shape index (κ3) is 2.68. The molecule has 0 bridgehead atoms. The molecular formula is C14H17BrO4. The Labute approximate surface area is 120 Å². The summed E-state index contributed by atoms with van der Waals surface area (Å²) in [5, 5.41) is 30.0. The van der Waals surface area contributed by atoms with Crippen LogP contribution in [0.2, 0.25) is 0 Å². The Kier molecular flexibility index (Phi) is 4.28. The van der Waals surface area contributed by atoms with Gasteiger partial charge in [-0.15, -0.1) is 0 Å². The Balaban J connectivity index is 2.34. The second kappa shape index (κ2) is 5.61. The molecule has 5 heteroatoms. The van der Waals surface area contributed by atoms with E-state index >= 15 is 0 Å². The normalized spacial score (nSPS) is 19.7. The van der Waals surface area contributed by atoms with Gasteiger partial charge in [-0.05, 0) is 30.4 Å². The van der Waals surface area contributed by atoms with Crippen LogP contribution in [0.1, 0.15) is 36.5 Å². The summed E-state index contributed by atoms with van der Waals surface area (Å²) in [4.78, 5) is 11.4. The van der Waals surface area contributed by atoms with Gasteiger partial charge in [-0.1, -0.05) is 40.2 Å². The number of rotatable bonds is 6. The summed E-state index contributed by atoms with van der Waals surface area (Å²) in [6, 6.07) is 6.95. The molecule has 2 unspecified atom stereocenters. The lowest BCUT2D eigenvalue weighted by molar-refractivity contribution is -0.140. The van der Waals surface area contributed by atoms with Crippen molar-refractivity contribution >= 4 is 21.9 Å². The summed E-state index contributed by atoms with van der Waals surface area (Å²) < 4.78 is 0. The Morgan fingerprint density at radius 1 is 1.32 bits per heavy atom. The van der Waals surface area contributed by atoms with E-state index in [1.165, 1.54) is 0 Å². The summed E-state index contributed by atoms with van der Waals surface area (Å²) in [5.41, 5.74) is 0.283. The van der Waals surface area contributed by atoms with Crippen molar-refractivity contribution in [3.8, 4) is 0 Å². The Morgan fingerprint density at radius 3 is 2.47 bits per heavy atom. The predicted molar refractivity (Wildman–Crippen MR) is 74.4 cm³/mol. The quantitative estimate of drug-likeness (QED) is 0.698. The molecule has 0 amide bonds. The van der Waals surface area contributed by atoms with Gasteiger partial charge >= 0.3 is 5.97 Å². The number of hydrogen-bond acceptors (Lipinski definition) is 3. The summed E-state index contributed by atoms with van der Waals surface area (Å²) in [5.74, 6) is -0.859. The molecule has 2 rings (SSSR count). The lowest BCUT2D eigenvalue weighted by Gasteiger charge is -2.23. The van der Waals surface area contributed by atoms with Crippen molar-refractivity contribution in [1.29, 1.82) is 0 Å². The first-order chi connectivity index (χ1) is 9.03. The molecule has 0 heterocycles. The fourth-order valence-electron chi connectivity index (χ4n) is 2.39. The van der Waals surface area contributed by atoms with Crippen molar-refractivity contribution in [2.75, 3.05) is 5.33 Å². The second-order valence-electron chi connectivity index (χ2n) is 4.96. The molecule has 0 aliphatic heterocycles. The molecule has 3 N–H and O–H groups in total. The van der Waals surface area contributed by atoms with Gasteiger partial charge < -0.3 is 15.3 Å². The highest BCUT2D eigenvalue weighted by Gasteiger charge is 2.53. The number of halogens is 1. The Morgan fingerprint density at radius 2 is 1.95 bits per heavy atom. The number of carboxylic acid groups (broad SMARTS) is 1. The molecule has 4 nitrogen and oxygen atoms in total. The largest absolute Gasteiger partial charge is 0.481 e. The van der Waals surface area contributed by atoms with Gasteiger partial charge in [0.05, 0.1) is 11.5 Å². The first-order valence-corrected chi connectivity index (χ1v) is 7.40. The van der Waals surface area contributed by atoms with Crippen molar-refractivity contribution < 1.29 is 20.1 Å². The van der Waals surface area contributed by atoms with E-state index < -0.39 is 23.6 Å². The molecule has 1 aromatic rings. The SMILES string of the molecule is O=C(O)C1(c2ccccc2C(O)C(O)CCBr)CC1. The van der Waals surface area contributed by atoms with Crippen molar-refractivity contribution in [3.05, 3.63) is 35.4 Å². The maximum Gasteiger partial charge on any atom is 0.314 e. The third-order valence-corrected chi connectivity index (χ3v) is 4.18. The van der Waals surface area contributed by atoms with E-state index in [-0.39, 0.29) is 0 Å². The Hall–Kier alpha value is -0.910. The zero-order valence-corrected chi connectivity index (χ0v) is 12.0. The Bertz CT molecular complexity index is 470. The molecule has 1 aliphatic rings. The first-order valence-electron chi connectivity index (χ1n) is 6.28. The van der Waals surface area contributed by atoms with Gasteiger partial charge in [0.1, 0.15) is 6.10 Å². The number of benzene rings is 1. The van der Waals surface area contributed by atoms with E-state index in [2.05, 4.69) is 15.9 Å². The van der Waals surface area contributed by atoms with Gasteiger partial charge in [-0.2, -0.15) is 0 Å². The molecule has 1 fully saturated rings. The predicted octanol–water partition coefficient (Wildman–Crippen LogP) is 1.98. The summed E-state index contributed by atoms with van der Waals surface area (Å²) in [6.45, 7) is 0. The molecule has 0 saturated heterocycles. The van der Waals surface area contributed by atoms with Crippen LogP contribution < -0.4 is 0 Å². The van der Waals surface area contributed by atoms with Crippen molar-refractivity contribution in [2.45, 2.75) is 36.9 Å². The molecule has 2 atom stereocenters. The average molecular weight is 329 g/mol. The van der Waals surface area contributed by atoms with Gasteiger partial charge in [0.2, 0.25) is 0 Å². The number of carbonyl (C=O) groups is 1. The number of alkyl halides is 1. The van der Waals surface area contributed by atoms with Gasteiger partial charge in [0, 0.05) is 5.33 Å². The minimum Gasteiger partial charge on any atom is -0.481 e.